The second-order valence-corrected chi connectivity index (χ2v) is 4.29. The lowest BCUT2D eigenvalue weighted by molar-refractivity contribution is 0.519. The maximum Gasteiger partial charge on any atom is 0.193 e. The molecule has 0 amide bonds. The highest BCUT2D eigenvalue weighted by Crippen LogP contribution is 2.16. The van der Waals surface area contributed by atoms with Crippen molar-refractivity contribution in [3.63, 3.8) is 0 Å². The monoisotopic (exact) mass is 231 g/mol. The third-order valence-electron chi connectivity index (χ3n) is 2.83. The Morgan fingerprint density at radius 3 is 2.82 bits per heavy atom. The van der Waals surface area contributed by atoms with Crippen LogP contribution in [0.1, 0.15) is 31.9 Å². The van der Waals surface area contributed by atoms with Gasteiger partial charge in [-0.1, -0.05) is 19.8 Å². The summed E-state index contributed by atoms with van der Waals surface area (Å²) in [4.78, 5) is 11.9. The minimum absolute atomic E-state index is 0.00921. The molecule has 0 radical (unpaired) electrons. The van der Waals surface area contributed by atoms with Crippen LogP contribution in [0.25, 0.3) is 11.0 Å². The van der Waals surface area contributed by atoms with Crippen LogP contribution in [0.2, 0.25) is 0 Å². The first-order valence-electron chi connectivity index (χ1n) is 6.03. The van der Waals surface area contributed by atoms with Crippen LogP contribution >= 0.6 is 0 Å². The van der Waals surface area contributed by atoms with Crippen molar-refractivity contribution < 1.29 is 4.42 Å². The zero-order chi connectivity index (χ0) is 12.3. The van der Waals surface area contributed by atoms with E-state index >= 15 is 0 Å². The summed E-state index contributed by atoms with van der Waals surface area (Å²) in [6.45, 7) is 2.15. The van der Waals surface area contributed by atoms with Gasteiger partial charge in [-0.05, 0) is 24.6 Å². The number of hydrogen-bond donors (Lipinski definition) is 1. The molecule has 0 atom stereocenters. The highest BCUT2D eigenvalue weighted by atomic mass is 16.3. The molecule has 0 bridgehead atoms. The van der Waals surface area contributed by atoms with Gasteiger partial charge in [0.05, 0.1) is 5.39 Å². The topological polar surface area (TPSA) is 56.2 Å². The summed E-state index contributed by atoms with van der Waals surface area (Å²) in [5, 5.41) is 0.559. The van der Waals surface area contributed by atoms with Gasteiger partial charge in [0, 0.05) is 18.2 Å². The number of nitrogens with two attached hydrogens (primary N) is 1. The highest BCUT2D eigenvalue weighted by Gasteiger charge is 2.04. The Morgan fingerprint density at radius 2 is 2.06 bits per heavy atom. The first-order valence-corrected chi connectivity index (χ1v) is 6.03. The number of aryl methyl sites for hydroxylation is 1. The minimum atomic E-state index is -0.00921. The largest absolute Gasteiger partial charge is 0.461 e. The van der Waals surface area contributed by atoms with Crippen molar-refractivity contribution >= 4 is 16.7 Å². The number of anilines is 1. The zero-order valence-corrected chi connectivity index (χ0v) is 10.0. The molecular formula is C14H17NO2. The molecule has 1 aromatic carbocycles. The molecule has 1 heterocycles. The lowest BCUT2D eigenvalue weighted by atomic mass is 10.1. The Balaban J connectivity index is 2.35. The molecule has 0 fully saturated rings. The number of fused-ring (bicyclic) bond motifs is 1. The molecule has 0 saturated heterocycles. The first kappa shape index (κ1) is 11.7. The number of nitrogen functional groups attached to an aromatic ring is 1. The van der Waals surface area contributed by atoms with Crippen LogP contribution in [0.3, 0.4) is 0 Å². The van der Waals surface area contributed by atoms with Gasteiger partial charge in [0.15, 0.2) is 5.43 Å². The van der Waals surface area contributed by atoms with Crippen molar-refractivity contribution in [2.45, 2.75) is 32.6 Å². The van der Waals surface area contributed by atoms with Crippen LogP contribution in [0.15, 0.2) is 33.5 Å². The lowest BCUT2D eigenvalue weighted by Gasteiger charge is -2.03. The van der Waals surface area contributed by atoms with E-state index in [0.29, 0.717) is 16.7 Å². The van der Waals surface area contributed by atoms with E-state index in [2.05, 4.69) is 6.92 Å². The van der Waals surface area contributed by atoms with E-state index in [0.717, 1.165) is 31.4 Å². The summed E-state index contributed by atoms with van der Waals surface area (Å²) in [7, 11) is 0. The predicted molar refractivity (Wildman–Crippen MR) is 70.1 cm³/mol. The van der Waals surface area contributed by atoms with Gasteiger partial charge >= 0.3 is 0 Å². The first-order chi connectivity index (χ1) is 8.20. The molecule has 0 aliphatic carbocycles. The van der Waals surface area contributed by atoms with Gasteiger partial charge in [-0.15, -0.1) is 0 Å². The molecule has 0 unspecified atom stereocenters. The lowest BCUT2D eigenvalue weighted by Crippen LogP contribution is -2.03. The Bertz CT molecular complexity index is 572. The van der Waals surface area contributed by atoms with E-state index in [1.54, 1.807) is 24.3 Å². The Hall–Kier alpha value is -1.77. The van der Waals surface area contributed by atoms with E-state index in [-0.39, 0.29) is 5.43 Å². The summed E-state index contributed by atoms with van der Waals surface area (Å²) >= 11 is 0. The number of rotatable bonds is 4. The molecule has 2 aromatic rings. The van der Waals surface area contributed by atoms with Crippen LogP contribution in [-0.2, 0) is 6.42 Å². The normalized spacial score (nSPS) is 10.9. The predicted octanol–water partition coefficient (Wildman–Crippen LogP) is 3.11. The standard InChI is InChI=1S/C14H17NO2/c1-2-3-4-5-11-9-13(16)12-8-10(15)6-7-14(12)17-11/h6-9H,2-5,15H2,1H3. The van der Waals surface area contributed by atoms with Gasteiger partial charge in [0.1, 0.15) is 11.3 Å². The molecule has 3 nitrogen and oxygen atoms in total. The number of unbranched alkanes of at least 4 members (excludes halogenated alkanes) is 2. The zero-order valence-electron chi connectivity index (χ0n) is 10.0. The van der Waals surface area contributed by atoms with Gasteiger partial charge in [-0.3, -0.25) is 4.79 Å². The molecule has 3 heteroatoms. The minimum Gasteiger partial charge on any atom is -0.461 e. The molecular weight excluding hydrogens is 214 g/mol. The van der Waals surface area contributed by atoms with E-state index in [1.165, 1.54) is 0 Å². The van der Waals surface area contributed by atoms with Crippen molar-refractivity contribution in [3.05, 3.63) is 40.2 Å². The number of benzene rings is 1. The molecule has 2 rings (SSSR count). The molecule has 0 aliphatic heterocycles. The maximum atomic E-state index is 11.9. The second-order valence-electron chi connectivity index (χ2n) is 4.29. The van der Waals surface area contributed by atoms with Crippen LogP contribution < -0.4 is 11.2 Å². The van der Waals surface area contributed by atoms with Crippen LogP contribution in [0.4, 0.5) is 5.69 Å². The van der Waals surface area contributed by atoms with Crippen molar-refractivity contribution in [1.82, 2.24) is 0 Å². The summed E-state index contributed by atoms with van der Waals surface area (Å²) < 4.78 is 5.69. The van der Waals surface area contributed by atoms with Crippen molar-refractivity contribution in [3.8, 4) is 0 Å². The highest BCUT2D eigenvalue weighted by molar-refractivity contribution is 5.79. The van der Waals surface area contributed by atoms with E-state index in [9.17, 15) is 4.79 Å². The van der Waals surface area contributed by atoms with Gasteiger partial charge in [0.2, 0.25) is 0 Å². The van der Waals surface area contributed by atoms with Gasteiger partial charge in [0.25, 0.3) is 0 Å². The van der Waals surface area contributed by atoms with Crippen LogP contribution in [0.5, 0.6) is 0 Å². The fourth-order valence-electron chi connectivity index (χ4n) is 1.90. The molecule has 90 valence electrons. The maximum absolute atomic E-state index is 11.9. The summed E-state index contributed by atoms with van der Waals surface area (Å²) in [6, 6.07) is 6.75. The van der Waals surface area contributed by atoms with Gasteiger partial charge in [-0.2, -0.15) is 0 Å². The van der Waals surface area contributed by atoms with Crippen LogP contribution in [0, 0.1) is 0 Å². The Morgan fingerprint density at radius 1 is 1.24 bits per heavy atom. The summed E-state index contributed by atoms with van der Waals surface area (Å²) in [5.74, 6) is 0.765. The van der Waals surface area contributed by atoms with Crippen molar-refractivity contribution in [2.24, 2.45) is 0 Å². The Kier molecular flexibility index (Phi) is 3.47. The fourth-order valence-corrected chi connectivity index (χ4v) is 1.90. The molecule has 1 aromatic heterocycles. The van der Waals surface area contributed by atoms with E-state index in [1.807, 2.05) is 0 Å². The van der Waals surface area contributed by atoms with Gasteiger partial charge < -0.3 is 10.2 Å². The van der Waals surface area contributed by atoms with Crippen molar-refractivity contribution in [1.29, 1.82) is 0 Å². The molecule has 0 aliphatic rings. The second kappa shape index (κ2) is 5.04. The molecule has 2 N–H and O–H groups in total. The van der Waals surface area contributed by atoms with E-state index < -0.39 is 0 Å². The SMILES string of the molecule is CCCCCc1cc(=O)c2cc(N)ccc2o1. The summed E-state index contributed by atoms with van der Waals surface area (Å²) in [6.07, 6.45) is 4.20. The fraction of sp³-hybridized carbons (Fsp3) is 0.357. The third-order valence-corrected chi connectivity index (χ3v) is 2.83. The molecule has 0 spiro atoms. The smallest absolute Gasteiger partial charge is 0.193 e. The summed E-state index contributed by atoms with van der Waals surface area (Å²) in [5.41, 5.74) is 6.85. The third kappa shape index (κ3) is 2.67. The average Bonchev–Trinajstić information content (AvgIpc) is 2.31. The Labute approximate surface area is 100 Å². The number of hydrogen-bond acceptors (Lipinski definition) is 3. The molecule has 17 heavy (non-hydrogen) atoms. The van der Waals surface area contributed by atoms with Crippen molar-refractivity contribution in [2.75, 3.05) is 5.73 Å². The average molecular weight is 231 g/mol. The van der Waals surface area contributed by atoms with Crippen LogP contribution in [-0.4, -0.2) is 0 Å². The van der Waals surface area contributed by atoms with E-state index in [4.69, 9.17) is 10.2 Å². The molecule has 0 saturated carbocycles. The van der Waals surface area contributed by atoms with Gasteiger partial charge in [-0.25, -0.2) is 0 Å². The quantitative estimate of drug-likeness (QED) is 0.649.